The summed E-state index contributed by atoms with van der Waals surface area (Å²) < 4.78 is 12.2. The Balaban J connectivity index is 1.43. The van der Waals surface area contributed by atoms with Crippen molar-refractivity contribution < 1.29 is 8.94 Å². The molecule has 5 rings (SSSR count). The molecule has 0 unspecified atom stereocenters. The SMILES string of the molecule is O=c1oc2cc(Cl)ccc2n1CCc1nc(-c2cccc3ncccc23)no1. The standard InChI is InChI=1S/C20H13ClN4O3/c21-12-6-7-16-17(11-12)27-20(26)25(16)10-8-18-23-19(24-28-18)14-3-1-5-15-13(14)4-2-9-22-15/h1-7,9,11H,8,10H2. The van der Waals surface area contributed by atoms with Crippen LogP contribution in [0.2, 0.25) is 5.02 Å². The first-order valence-electron chi connectivity index (χ1n) is 8.65. The second kappa shape index (κ2) is 6.61. The van der Waals surface area contributed by atoms with Crippen molar-refractivity contribution in [1.29, 1.82) is 0 Å². The first-order chi connectivity index (χ1) is 13.7. The Morgan fingerprint density at radius 1 is 1.11 bits per heavy atom. The molecule has 3 aromatic heterocycles. The lowest BCUT2D eigenvalue weighted by Crippen LogP contribution is -2.15. The molecule has 8 heteroatoms. The molecule has 0 bridgehead atoms. The smallest absolute Gasteiger partial charge is 0.408 e. The number of aromatic nitrogens is 4. The van der Waals surface area contributed by atoms with Crippen LogP contribution in [0, 0.1) is 0 Å². The molecule has 0 saturated heterocycles. The largest absolute Gasteiger partial charge is 0.419 e. The van der Waals surface area contributed by atoms with Crippen LogP contribution < -0.4 is 5.76 Å². The Morgan fingerprint density at radius 3 is 2.96 bits per heavy atom. The molecule has 0 N–H and O–H groups in total. The first kappa shape index (κ1) is 16.7. The molecule has 0 aliphatic rings. The first-order valence-corrected chi connectivity index (χ1v) is 9.02. The van der Waals surface area contributed by atoms with Gasteiger partial charge in [-0.1, -0.05) is 35.0 Å². The van der Waals surface area contributed by atoms with Gasteiger partial charge in [-0.2, -0.15) is 4.98 Å². The van der Waals surface area contributed by atoms with E-state index in [2.05, 4.69) is 15.1 Å². The zero-order valence-corrected chi connectivity index (χ0v) is 15.3. The van der Waals surface area contributed by atoms with E-state index in [0.717, 1.165) is 16.5 Å². The molecule has 3 heterocycles. The van der Waals surface area contributed by atoms with E-state index in [1.54, 1.807) is 24.4 Å². The van der Waals surface area contributed by atoms with E-state index in [9.17, 15) is 4.79 Å². The lowest BCUT2D eigenvalue weighted by molar-refractivity contribution is 0.370. The van der Waals surface area contributed by atoms with Crippen LogP contribution >= 0.6 is 11.6 Å². The van der Waals surface area contributed by atoms with Crippen LogP contribution in [0.1, 0.15) is 5.89 Å². The van der Waals surface area contributed by atoms with Crippen molar-refractivity contribution in [3.63, 3.8) is 0 Å². The summed E-state index contributed by atoms with van der Waals surface area (Å²) in [7, 11) is 0. The number of halogens is 1. The van der Waals surface area contributed by atoms with Crippen LogP contribution in [0.25, 0.3) is 33.4 Å². The quantitative estimate of drug-likeness (QED) is 0.458. The number of fused-ring (bicyclic) bond motifs is 2. The van der Waals surface area contributed by atoms with Crippen molar-refractivity contribution in [2.45, 2.75) is 13.0 Å². The van der Waals surface area contributed by atoms with E-state index < -0.39 is 5.76 Å². The van der Waals surface area contributed by atoms with Gasteiger partial charge in [0.1, 0.15) is 0 Å². The minimum absolute atomic E-state index is 0.353. The average Bonchev–Trinajstić information content (AvgIpc) is 3.29. The van der Waals surface area contributed by atoms with Gasteiger partial charge < -0.3 is 8.94 Å². The topological polar surface area (TPSA) is 87.0 Å². The van der Waals surface area contributed by atoms with Gasteiger partial charge in [-0.05, 0) is 24.3 Å². The summed E-state index contributed by atoms with van der Waals surface area (Å²) in [5.41, 5.74) is 2.84. The fraction of sp³-hybridized carbons (Fsp3) is 0.100. The Labute approximate surface area is 163 Å². The predicted octanol–water partition coefficient (Wildman–Crippen LogP) is 4.09. The Hall–Kier alpha value is -3.45. The van der Waals surface area contributed by atoms with Gasteiger partial charge in [0.15, 0.2) is 5.58 Å². The van der Waals surface area contributed by atoms with E-state index in [-0.39, 0.29) is 0 Å². The maximum absolute atomic E-state index is 12.1. The van der Waals surface area contributed by atoms with Crippen LogP contribution in [0.4, 0.5) is 0 Å². The van der Waals surface area contributed by atoms with E-state index in [0.29, 0.717) is 40.8 Å². The van der Waals surface area contributed by atoms with Gasteiger partial charge in [0.25, 0.3) is 0 Å². The number of pyridine rings is 1. The minimum atomic E-state index is -0.447. The number of aryl methyl sites for hydroxylation is 2. The van der Waals surface area contributed by atoms with Crippen LogP contribution in [0.3, 0.4) is 0 Å². The van der Waals surface area contributed by atoms with Gasteiger partial charge in [0.05, 0.1) is 11.0 Å². The maximum Gasteiger partial charge on any atom is 0.419 e. The lowest BCUT2D eigenvalue weighted by Gasteiger charge is -2.01. The van der Waals surface area contributed by atoms with Gasteiger partial charge in [-0.25, -0.2) is 4.79 Å². The highest BCUT2D eigenvalue weighted by Crippen LogP contribution is 2.25. The molecule has 0 atom stereocenters. The molecule has 138 valence electrons. The highest BCUT2D eigenvalue weighted by molar-refractivity contribution is 6.31. The summed E-state index contributed by atoms with van der Waals surface area (Å²) in [4.78, 5) is 21.0. The number of benzene rings is 2. The highest BCUT2D eigenvalue weighted by Gasteiger charge is 2.14. The molecule has 0 spiro atoms. The lowest BCUT2D eigenvalue weighted by atomic mass is 10.1. The molecule has 0 radical (unpaired) electrons. The summed E-state index contributed by atoms with van der Waals surface area (Å²) in [6.07, 6.45) is 2.14. The molecular weight excluding hydrogens is 380 g/mol. The van der Waals surface area contributed by atoms with Gasteiger partial charge >= 0.3 is 5.76 Å². The fourth-order valence-electron chi connectivity index (χ4n) is 3.22. The monoisotopic (exact) mass is 392 g/mol. The second-order valence-corrected chi connectivity index (χ2v) is 6.71. The molecular formula is C20H13ClN4O3. The zero-order valence-electron chi connectivity index (χ0n) is 14.5. The Bertz CT molecular complexity index is 1360. The Morgan fingerprint density at radius 2 is 2.04 bits per heavy atom. The van der Waals surface area contributed by atoms with E-state index in [1.807, 2.05) is 30.3 Å². The number of hydrogen-bond donors (Lipinski definition) is 0. The zero-order chi connectivity index (χ0) is 19.1. The van der Waals surface area contributed by atoms with Crippen molar-refractivity contribution in [2.75, 3.05) is 0 Å². The molecule has 0 amide bonds. The summed E-state index contributed by atoms with van der Waals surface area (Å²) in [6.45, 7) is 0.353. The molecule has 0 aliphatic heterocycles. The molecule has 0 fully saturated rings. The van der Waals surface area contributed by atoms with Crippen molar-refractivity contribution in [3.05, 3.63) is 76.2 Å². The number of nitrogens with zero attached hydrogens (tertiary/aromatic N) is 4. The summed E-state index contributed by atoms with van der Waals surface area (Å²) >= 11 is 5.95. The summed E-state index contributed by atoms with van der Waals surface area (Å²) in [5.74, 6) is 0.480. The van der Waals surface area contributed by atoms with Crippen LogP contribution in [-0.4, -0.2) is 19.7 Å². The van der Waals surface area contributed by atoms with Crippen molar-refractivity contribution >= 4 is 33.6 Å². The van der Waals surface area contributed by atoms with Gasteiger partial charge in [-0.15, -0.1) is 0 Å². The summed E-state index contributed by atoms with van der Waals surface area (Å²) in [5, 5.41) is 5.55. The fourth-order valence-corrected chi connectivity index (χ4v) is 3.39. The van der Waals surface area contributed by atoms with Crippen LogP contribution in [0.15, 0.2) is 68.5 Å². The third-order valence-electron chi connectivity index (χ3n) is 4.53. The highest BCUT2D eigenvalue weighted by atomic mass is 35.5. The number of oxazole rings is 1. The third-order valence-corrected chi connectivity index (χ3v) is 4.77. The van der Waals surface area contributed by atoms with E-state index in [4.69, 9.17) is 20.5 Å². The number of rotatable bonds is 4. The molecule has 28 heavy (non-hydrogen) atoms. The maximum atomic E-state index is 12.1. The predicted molar refractivity (Wildman–Crippen MR) is 104 cm³/mol. The van der Waals surface area contributed by atoms with Crippen molar-refractivity contribution in [1.82, 2.24) is 19.7 Å². The van der Waals surface area contributed by atoms with Crippen molar-refractivity contribution in [3.8, 4) is 11.4 Å². The van der Waals surface area contributed by atoms with Gasteiger partial charge in [0, 0.05) is 41.2 Å². The van der Waals surface area contributed by atoms with Crippen LogP contribution in [-0.2, 0) is 13.0 Å². The molecule has 7 nitrogen and oxygen atoms in total. The molecule has 0 aliphatic carbocycles. The van der Waals surface area contributed by atoms with Crippen LogP contribution in [0.5, 0.6) is 0 Å². The van der Waals surface area contributed by atoms with Gasteiger partial charge in [0.2, 0.25) is 11.7 Å². The number of hydrogen-bond acceptors (Lipinski definition) is 6. The normalized spacial score (nSPS) is 11.5. The Kier molecular flexibility index (Phi) is 3.95. The molecule has 2 aromatic carbocycles. The van der Waals surface area contributed by atoms with E-state index >= 15 is 0 Å². The molecule has 0 saturated carbocycles. The average molecular weight is 393 g/mol. The van der Waals surface area contributed by atoms with Gasteiger partial charge in [-0.3, -0.25) is 9.55 Å². The molecule has 5 aromatic rings. The summed E-state index contributed by atoms with van der Waals surface area (Å²) in [6, 6.07) is 14.7. The third kappa shape index (κ3) is 2.86. The minimum Gasteiger partial charge on any atom is -0.408 e. The van der Waals surface area contributed by atoms with E-state index in [1.165, 1.54) is 4.57 Å². The van der Waals surface area contributed by atoms with Crippen molar-refractivity contribution in [2.24, 2.45) is 0 Å². The second-order valence-electron chi connectivity index (χ2n) is 6.27.